The van der Waals surface area contributed by atoms with Gasteiger partial charge >= 0.3 is 5.97 Å². The van der Waals surface area contributed by atoms with Gasteiger partial charge in [-0.05, 0) is 18.2 Å². The van der Waals surface area contributed by atoms with Crippen LogP contribution in [0.3, 0.4) is 0 Å². The molecule has 0 aliphatic rings. The van der Waals surface area contributed by atoms with Crippen molar-refractivity contribution < 1.29 is 19.1 Å². The number of nitrogens with zero attached hydrogens (tertiary/aromatic N) is 1. The predicted molar refractivity (Wildman–Crippen MR) is 101 cm³/mol. The van der Waals surface area contributed by atoms with Gasteiger partial charge in [0.25, 0.3) is 0 Å². The maximum Gasteiger partial charge on any atom is 0.306 e. The number of esters is 1. The largest absolute Gasteiger partial charge is 0.461 e. The molecule has 0 aliphatic carbocycles. The van der Waals surface area contributed by atoms with Crippen LogP contribution >= 0.6 is 0 Å². The van der Waals surface area contributed by atoms with Crippen LogP contribution in [0.5, 0.6) is 11.5 Å². The lowest BCUT2D eigenvalue weighted by atomic mass is 10.1. The summed E-state index contributed by atoms with van der Waals surface area (Å²) in [5, 5.41) is 0. The second kappa shape index (κ2) is 9.29. The molecule has 0 N–H and O–H groups in total. The Kier molecular flexibility index (Phi) is 6.30. The van der Waals surface area contributed by atoms with Crippen molar-refractivity contribution in [2.24, 2.45) is 0 Å². The van der Waals surface area contributed by atoms with Crippen LogP contribution in [0.15, 0.2) is 79.1 Å². The van der Waals surface area contributed by atoms with E-state index >= 15 is 0 Å². The van der Waals surface area contributed by atoms with E-state index in [0.717, 1.165) is 5.56 Å². The van der Waals surface area contributed by atoms with Crippen molar-refractivity contribution >= 4 is 11.8 Å². The van der Waals surface area contributed by atoms with Gasteiger partial charge in [0.1, 0.15) is 18.1 Å². The number of hydrogen-bond donors (Lipinski definition) is 0. The van der Waals surface area contributed by atoms with E-state index in [0.29, 0.717) is 17.1 Å². The third kappa shape index (κ3) is 5.51. The Balaban J connectivity index is 1.52. The van der Waals surface area contributed by atoms with E-state index in [4.69, 9.17) is 9.47 Å². The van der Waals surface area contributed by atoms with Gasteiger partial charge < -0.3 is 9.47 Å². The Bertz CT molecular complexity index is 894. The van der Waals surface area contributed by atoms with Gasteiger partial charge in [-0.25, -0.2) is 0 Å². The fraction of sp³-hybridized carbons (Fsp3) is 0.136. The molecule has 0 saturated heterocycles. The van der Waals surface area contributed by atoms with Crippen LogP contribution in [0, 0.1) is 0 Å². The first kappa shape index (κ1) is 18.3. The Morgan fingerprint density at radius 3 is 2.41 bits per heavy atom. The Hall–Kier alpha value is -3.47. The maximum absolute atomic E-state index is 12.0. The van der Waals surface area contributed by atoms with E-state index < -0.39 is 5.97 Å². The lowest BCUT2D eigenvalue weighted by molar-refractivity contribution is -0.144. The first-order chi connectivity index (χ1) is 13.2. The molecule has 0 atom stereocenters. The molecule has 5 nitrogen and oxygen atoms in total. The summed E-state index contributed by atoms with van der Waals surface area (Å²) in [6.45, 7) is 0.0782. The Morgan fingerprint density at radius 1 is 0.852 bits per heavy atom. The van der Waals surface area contributed by atoms with Crippen LogP contribution in [0.4, 0.5) is 0 Å². The maximum atomic E-state index is 12.0. The highest BCUT2D eigenvalue weighted by atomic mass is 16.5. The number of rotatable bonds is 8. The molecular weight excluding hydrogens is 342 g/mol. The van der Waals surface area contributed by atoms with E-state index in [-0.39, 0.29) is 25.2 Å². The number of ketones is 1. The average molecular weight is 361 g/mol. The van der Waals surface area contributed by atoms with E-state index in [1.54, 1.807) is 54.9 Å². The number of para-hydroxylation sites is 1. The molecule has 0 bridgehead atoms. The minimum absolute atomic E-state index is 0.0410. The van der Waals surface area contributed by atoms with Crippen molar-refractivity contribution in [1.29, 1.82) is 0 Å². The van der Waals surface area contributed by atoms with E-state index in [1.807, 2.05) is 24.3 Å². The number of Topliss-reactive ketones (excluding diaryl/α,β-unsaturated/α-hetero) is 1. The third-order valence-corrected chi connectivity index (χ3v) is 3.88. The number of benzene rings is 2. The second-order valence-electron chi connectivity index (χ2n) is 5.85. The molecular formula is C22H19NO4. The number of aromatic nitrogens is 1. The summed E-state index contributed by atoms with van der Waals surface area (Å²) in [4.78, 5) is 28.1. The van der Waals surface area contributed by atoms with Crippen LogP contribution in [0.25, 0.3) is 0 Å². The molecule has 2 aromatic carbocycles. The minimum atomic E-state index is -0.421. The lowest BCUT2D eigenvalue weighted by Crippen LogP contribution is -2.08. The molecule has 27 heavy (non-hydrogen) atoms. The van der Waals surface area contributed by atoms with Gasteiger partial charge in [-0.15, -0.1) is 0 Å². The van der Waals surface area contributed by atoms with E-state index in [1.165, 1.54) is 0 Å². The zero-order chi connectivity index (χ0) is 18.9. The SMILES string of the molecule is O=C(CCC(=O)c1ccccc1)OCc1ccccc1Oc1cccnc1. The predicted octanol–water partition coefficient (Wildman–Crippen LogP) is 4.58. The average Bonchev–Trinajstić information content (AvgIpc) is 2.73. The summed E-state index contributed by atoms with van der Waals surface area (Å²) in [6.07, 6.45) is 3.44. The number of carbonyl (C=O) groups is 2. The highest BCUT2D eigenvalue weighted by Gasteiger charge is 2.12. The standard InChI is InChI=1S/C22H19NO4/c24-20(17-7-2-1-3-8-17)12-13-22(25)26-16-18-9-4-5-11-21(18)27-19-10-6-14-23-15-19/h1-11,14-15H,12-13,16H2. The normalized spacial score (nSPS) is 10.2. The molecule has 0 fully saturated rings. The van der Waals surface area contributed by atoms with Crippen LogP contribution in [0.1, 0.15) is 28.8 Å². The van der Waals surface area contributed by atoms with Crippen LogP contribution in [-0.4, -0.2) is 16.7 Å². The van der Waals surface area contributed by atoms with E-state index in [2.05, 4.69) is 4.98 Å². The van der Waals surface area contributed by atoms with Crippen LogP contribution in [-0.2, 0) is 16.1 Å². The topological polar surface area (TPSA) is 65.5 Å². The van der Waals surface area contributed by atoms with Gasteiger partial charge in [-0.2, -0.15) is 0 Å². The second-order valence-corrected chi connectivity index (χ2v) is 5.85. The molecule has 0 radical (unpaired) electrons. The molecule has 1 aromatic heterocycles. The lowest BCUT2D eigenvalue weighted by Gasteiger charge is -2.11. The molecule has 136 valence electrons. The van der Waals surface area contributed by atoms with Gasteiger partial charge in [0.05, 0.1) is 12.6 Å². The van der Waals surface area contributed by atoms with Gasteiger partial charge in [-0.3, -0.25) is 14.6 Å². The molecule has 0 unspecified atom stereocenters. The molecule has 0 spiro atoms. The zero-order valence-corrected chi connectivity index (χ0v) is 14.7. The summed E-state index contributed by atoms with van der Waals surface area (Å²) in [7, 11) is 0. The Labute approximate surface area is 157 Å². The van der Waals surface area contributed by atoms with Gasteiger partial charge in [0.15, 0.2) is 5.78 Å². The third-order valence-electron chi connectivity index (χ3n) is 3.88. The number of hydrogen-bond acceptors (Lipinski definition) is 5. The van der Waals surface area contributed by atoms with Crippen LogP contribution in [0.2, 0.25) is 0 Å². The van der Waals surface area contributed by atoms with Crippen molar-refractivity contribution in [3.05, 3.63) is 90.3 Å². The van der Waals surface area contributed by atoms with Gasteiger partial charge in [0.2, 0.25) is 0 Å². The minimum Gasteiger partial charge on any atom is -0.461 e. The first-order valence-corrected chi connectivity index (χ1v) is 8.62. The Morgan fingerprint density at radius 2 is 1.63 bits per heavy atom. The van der Waals surface area contributed by atoms with Crippen LogP contribution < -0.4 is 4.74 Å². The zero-order valence-electron chi connectivity index (χ0n) is 14.7. The fourth-order valence-electron chi connectivity index (χ4n) is 2.47. The van der Waals surface area contributed by atoms with Crippen molar-refractivity contribution in [2.45, 2.75) is 19.4 Å². The molecule has 0 amide bonds. The highest BCUT2D eigenvalue weighted by Crippen LogP contribution is 2.25. The fourth-order valence-corrected chi connectivity index (χ4v) is 2.47. The molecule has 5 heteroatoms. The van der Waals surface area contributed by atoms with Crippen molar-refractivity contribution in [3.63, 3.8) is 0 Å². The summed E-state index contributed by atoms with van der Waals surface area (Å²) in [6, 6.07) is 19.8. The number of ether oxygens (including phenoxy) is 2. The van der Waals surface area contributed by atoms with Crippen molar-refractivity contribution in [1.82, 2.24) is 4.98 Å². The molecule has 0 saturated carbocycles. The smallest absolute Gasteiger partial charge is 0.306 e. The number of carbonyl (C=O) groups excluding carboxylic acids is 2. The van der Waals surface area contributed by atoms with E-state index in [9.17, 15) is 9.59 Å². The first-order valence-electron chi connectivity index (χ1n) is 8.62. The quantitative estimate of drug-likeness (QED) is 0.434. The number of pyridine rings is 1. The highest BCUT2D eigenvalue weighted by molar-refractivity contribution is 5.97. The molecule has 3 rings (SSSR count). The summed E-state index contributed by atoms with van der Waals surface area (Å²) < 4.78 is 11.1. The summed E-state index contributed by atoms with van der Waals surface area (Å²) in [5.74, 6) is 0.701. The monoisotopic (exact) mass is 361 g/mol. The van der Waals surface area contributed by atoms with Gasteiger partial charge in [0, 0.05) is 23.7 Å². The molecule has 1 heterocycles. The summed E-state index contributed by atoms with van der Waals surface area (Å²) in [5.41, 5.74) is 1.34. The van der Waals surface area contributed by atoms with Crippen molar-refractivity contribution in [2.75, 3.05) is 0 Å². The van der Waals surface area contributed by atoms with Gasteiger partial charge in [-0.1, -0.05) is 48.5 Å². The molecule has 3 aromatic rings. The molecule has 0 aliphatic heterocycles. The van der Waals surface area contributed by atoms with Crippen molar-refractivity contribution in [3.8, 4) is 11.5 Å². The summed E-state index contributed by atoms with van der Waals surface area (Å²) >= 11 is 0.